The molecule has 0 amide bonds. The van der Waals surface area contributed by atoms with Crippen LogP contribution in [0.25, 0.3) is 0 Å². The summed E-state index contributed by atoms with van der Waals surface area (Å²) in [6, 6.07) is 2.20. The molecule has 4 nitrogen and oxygen atoms in total. The van der Waals surface area contributed by atoms with Gasteiger partial charge in [-0.05, 0) is 18.2 Å². The molecule has 1 aromatic carbocycles. The smallest absolute Gasteiger partial charge is 0.417 e. The molecule has 0 saturated heterocycles. The number of halogens is 9. The Bertz CT molecular complexity index is 997. The van der Waals surface area contributed by atoms with Crippen LogP contribution in [0.1, 0.15) is 11.1 Å². The van der Waals surface area contributed by atoms with Gasteiger partial charge in [0.25, 0.3) is 0 Å². The number of hydrogen-bond donors (Lipinski definition) is 0. The molecule has 4 rings (SSSR count). The summed E-state index contributed by atoms with van der Waals surface area (Å²) in [5.74, 6) is -1.79. The Morgan fingerprint density at radius 3 is 2.45 bits per heavy atom. The molecule has 168 valence electrons. The molecule has 3 aliphatic heterocycles. The lowest BCUT2D eigenvalue weighted by Crippen LogP contribution is -2.46. The summed E-state index contributed by atoms with van der Waals surface area (Å²) >= 11 is 0. The predicted molar refractivity (Wildman–Crippen MR) is 87.0 cm³/mol. The van der Waals surface area contributed by atoms with E-state index in [0.717, 1.165) is 11.0 Å². The maximum Gasteiger partial charge on any atom is 0.417 e. The predicted octanol–water partition coefficient (Wildman–Crippen LogP) is 4.93. The molecule has 1 unspecified atom stereocenters. The zero-order valence-electron chi connectivity index (χ0n) is 15.1. The van der Waals surface area contributed by atoms with Crippen molar-refractivity contribution in [2.45, 2.75) is 30.7 Å². The van der Waals surface area contributed by atoms with Gasteiger partial charge in [-0.3, -0.25) is 0 Å². The molecule has 3 heterocycles. The highest BCUT2D eigenvalue weighted by Crippen LogP contribution is 2.48. The summed E-state index contributed by atoms with van der Waals surface area (Å²) in [6.45, 7) is -4.81. The highest BCUT2D eigenvalue weighted by molar-refractivity contribution is 6.00. The summed E-state index contributed by atoms with van der Waals surface area (Å²) in [4.78, 5) is 4.83. The minimum absolute atomic E-state index is 0.153. The Labute approximate surface area is 168 Å². The zero-order valence-corrected chi connectivity index (χ0v) is 15.1. The van der Waals surface area contributed by atoms with Gasteiger partial charge in [0, 0.05) is 11.8 Å². The number of nitrogens with zero attached hydrogens (tertiary/aromatic N) is 2. The van der Waals surface area contributed by atoms with Crippen molar-refractivity contribution < 1.29 is 49.0 Å². The van der Waals surface area contributed by atoms with Crippen molar-refractivity contribution in [1.29, 1.82) is 0 Å². The van der Waals surface area contributed by atoms with Crippen molar-refractivity contribution in [1.82, 2.24) is 4.90 Å². The second-order valence-electron chi connectivity index (χ2n) is 6.94. The van der Waals surface area contributed by atoms with Crippen molar-refractivity contribution in [3.63, 3.8) is 0 Å². The van der Waals surface area contributed by atoms with Gasteiger partial charge in [0.1, 0.15) is 17.9 Å². The van der Waals surface area contributed by atoms with E-state index in [1.807, 2.05) is 0 Å². The van der Waals surface area contributed by atoms with Gasteiger partial charge in [-0.25, -0.2) is 9.38 Å². The molecule has 0 aliphatic carbocycles. The van der Waals surface area contributed by atoms with Crippen LogP contribution in [0, 0.1) is 0 Å². The second kappa shape index (κ2) is 6.82. The van der Waals surface area contributed by atoms with E-state index in [4.69, 9.17) is 4.74 Å². The zero-order chi connectivity index (χ0) is 22.8. The van der Waals surface area contributed by atoms with E-state index >= 15 is 0 Å². The first-order chi connectivity index (χ1) is 14.3. The van der Waals surface area contributed by atoms with E-state index in [2.05, 4.69) is 9.73 Å². The Balaban J connectivity index is 1.83. The van der Waals surface area contributed by atoms with Gasteiger partial charge in [0.2, 0.25) is 0 Å². The lowest BCUT2D eigenvalue weighted by atomic mass is 9.83. The van der Waals surface area contributed by atoms with Gasteiger partial charge < -0.3 is 14.4 Å². The van der Waals surface area contributed by atoms with E-state index in [1.54, 1.807) is 0 Å². The number of fused-ring (bicyclic) bond motifs is 3. The number of allylic oxidation sites excluding steroid dienone is 2. The minimum atomic E-state index is -4.93. The molecule has 0 radical (unpaired) electrons. The highest BCUT2D eigenvalue weighted by atomic mass is 19.4. The van der Waals surface area contributed by atoms with Crippen molar-refractivity contribution in [3.05, 3.63) is 52.9 Å². The van der Waals surface area contributed by atoms with E-state index in [0.29, 0.717) is 24.4 Å². The van der Waals surface area contributed by atoms with Gasteiger partial charge in [0.15, 0.2) is 17.8 Å². The number of hydrogen-bond acceptors (Lipinski definition) is 4. The molecule has 1 aromatic rings. The molecule has 3 aliphatic rings. The molecular formula is C18H11F9N2O2. The van der Waals surface area contributed by atoms with Crippen molar-refractivity contribution in [2.75, 3.05) is 13.2 Å². The molecule has 0 bridgehead atoms. The Morgan fingerprint density at radius 2 is 1.84 bits per heavy atom. The van der Waals surface area contributed by atoms with E-state index in [-0.39, 0.29) is 11.3 Å². The molecule has 1 spiro atoms. The number of amidine groups is 1. The van der Waals surface area contributed by atoms with Crippen LogP contribution < -0.4 is 4.74 Å². The number of ether oxygens (including phenoxy) is 2. The highest BCUT2D eigenvalue weighted by Gasteiger charge is 2.54. The fourth-order valence-electron chi connectivity index (χ4n) is 3.63. The first kappa shape index (κ1) is 21.4. The third kappa shape index (κ3) is 3.59. The number of rotatable bonds is 2. The van der Waals surface area contributed by atoms with Crippen LogP contribution in [0.5, 0.6) is 5.75 Å². The third-order valence-electron chi connectivity index (χ3n) is 5.01. The average Bonchev–Trinajstić information content (AvgIpc) is 3.04. The van der Waals surface area contributed by atoms with Crippen LogP contribution in [0.4, 0.5) is 39.5 Å². The van der Waals surface area contributed by atoms with Gasteiger partial charge in [-0.2, -0.15) is 35.1 Å². The maximum atomic E-state index is 15.0. The number of alkyl halides is 9. The average molecular weight is 458 g/mol. The number of aliphatic imine (C=N–C) groups is 1. The van der Waals surface area contributed by atoms with Crippen LogP contribution in [0.3, 0.4) is 0 Å². The quantitative estimate of drug-likeness (QED) is 0.590. The van der Waals surface area contributed by atoms with Crippen LogP contribution in [0.2, 0.25) is 0 Å². The normalized spacial score (nSPS) is 25.5. The van der Waals surface area contributed by atoms with Crippen LogP contribution in [-0.4, -0.2) is 42.8 Å². The lowest BCUT2D eigenvalue weighted by Gasteiger charge is -2.36. The van der Waals surface area contributed by atoms with Crippen molar-refractivity contribution in [3.8, 4) is 5.75 Å². The summed E-state index contributed by atoms with van der Waals surface area (Å²) in [5, 5.41) is 0. The summed E-state index contributed by atoms with van der Waals surface area (Å²) in [6.07, 6.45) is -10.8. The summed E-state index contributed by atoms with van der Waals surface area (Å²) in [5.41, 5.74) is -4.55. The van der Waals surface area contributed by atoms with Gasteiger partial charge >= 0.3 is 19.0 Å². The Hall–Kier alpha value is -2.86. The summed E-state index contributed by atoms with van der Waals surface area (Å²) < 4.78 is 128. The molecule has 13 heteroatoms. The van der Waals surface area contributed by atoms with Crippen LogP contribution >= 0.6 is 0 Å². The van der Waals surface area contributed by atoms with E-state index in [1.165, 1.54) is 0 Å². The fraction of sp³-hybridized carbons (Fsp3) is 0.389. The second-order valence-corrected chi connectivity index (χ2v) is 6.94. The van der Waals surface area contributed by atoms with E-state index in [9.17, 15) is 39.5 Å². The standard InChI is InChI=1S/C18H11F9N2O2/c19-13-6-30-11-3-8(17(22,23)24)1-2-10(11)16(13)7-29-5-9(18(25,26)27)4-12(14(29)28-16)31-15(20)21/h1-5,13,15H,6-7H2/t13-,16?/m0/s1. The Morgan fingerprint density at radius 1 is 1.13 bits per heavy atom. The molecule has 31 heavy (non-hydrogen) atoms. The van der Waals surface area contributed by atoms with Gasteiger partial charge in [0.05, 0.1) is 17.7 Å². The lowest BCUT2D eigenvalue weighted by molar-refractivity contribution is -0.137. The molecule has 0 aromatic heterocycles. The topological polar surface area (TPSA) is 34.1 Å². The largest absolute Gasteiger partial charge is 0.490 e. The van der Waals surface area contributed by atoms with Crippen molar-refractivity contribution in [2.24, 2.45) is 4.99 Å². The molecule has 2 atom stereocenters. The van der Waals surface area contributed by atoms with Crippen molar-refractivity contribution >= 4 is 5.84 Å². The fourth-order valence-corrected chi connectivity index (χ4v) is 3.63. The third-order valence-corrected chi connectivity index (χ3v) is 5.01. The Kier molecular flexibility index (Phi) is 4.70. The van der Waals surface area contributed by atoms with E-state index < -0.39 is 66.6 Å². The number of benzene rings is 1. The van der Waals surface area contributed by atoms with Gasteiger partial charge in [-0.15, -0.1) is 0 Å². The minimum Gasteiger partial charge on any atom is -0.490 e. The SMILES string of the molecule is FC(F)OC1=CC(C(F)(F)F)=CN2CC3(N=C12)c1ccc(C(F)(F)F)cc1OC[C@@H]3F. The molecule has 0 saturated carbocycles. The van der Waals surface area contributed by atoms with Crippen LogP contribution in [-0.2, 0) is 16.5 Å². The first-order valence-electron chi connectivity index (χ1n) is 8.62. The maximum absolute atomic E-state index is 15.0. The molecule has 0 fully saturated rings. The monoisotopic (exact) mass is 458 g/mol. The summed E-state index contributed by atoms with van der Waals surface area (Å²) in [7, 11) is 0. The molecule has 0 N–H and O–H groups in total. The first-order valence-corrected chi connectivity index (χ1v) is 8.62. The van der Waals surface area contributed by atoms with Crippen LogP contribution in [0.15, 0.2) is 46.8 Å². The van der Waals surface area contributed by atoms with Gasteiger partial charge in [-0.1, -0.05) is 6.07 Å². The molecular weight excluding hydrogens is 447 g/mol.